The molecule has 0 spiro atoms. The first-order valence-corrected chi connectivity index (χ1v) is 17.3. The first kappa shape index (κ1) is 39.3. The summed E-state index contributed by atoms with van der Waals surface area (Å²) in [5.74, 6) is -5.92. The molecule has 0 unspecified atom stereocenters. The maximum Gasteiger partial charge on any atom is 0.255 e. The second kappa shape index (κ2) is 14.8. The molecule has 0 radical (unpaired) electrons. The fraction of sp³-hybridized carbons (Fsp3) is 0.425. The van der Waals surface area contributed by atoms with Crippen LogP contribution in [0.5, 0.6) is 5.75 Å². The van der Waals surface area contributed by atoms with Gasteiger partial charge in [-0.1, -0.05) is 37.8 Å². The molecule has 1 aromatic heterocycles. The number of aliphatic hydroxyl groups is 3. The van der Waals surface area contributed by atoms with Gasteiger partial charge in [0.2, 0.25) is 5.78 Å². The van der Waals surface area contributed by atoms with Crippen LogP contribution in [0.1, 0.15) is 36.3 Å². The van der Waals surface area contributed by atoms with Crippen molar-refractivity contribution in [2.24, 2.45) is 17.6 Å². The van der Waals surface area contributed by atoms with Gasteiger partial charge in [0.05, 0.1) is 23.7 Å². The molecule has 0 saturated heterocycles. The van der Waals surface area contributed by atoms with Crippen molar-refractivity contribution in [2.45, 2.75) is 45.0 Å². The second-order valence-electron chi connectivity index (χ2n) is 14.8. The van der Waals surface area contributed by atoms with Crippen LogP contribution in [0.15, 0.2) is 69.9 Å². The molecule has 6 N–H and O–H groups in total. The van der Waals surface area contributed by atoms with Gasteiger partial charge in [-0.3, -0.25) is 24.2 Å². The summed E-state index contributed by atoms with van der Waals surface area (Å²) in [6, 6.07) is 14.4. The van der Waals surface area contributed by atoms with E-state index < -0.39 is 58.0 Å². The van der Waals surface area contributed by atoms with E-state index in [4.69, 9.17) is 10.2 Å². The average Bonchev–Trinajstić information content (AvgIpc) is 3.53. The number of furan rings is 1. The minimum Gasteiger partial charge on any atom is -0.508 e. The van der Waals surface area contributed by atoms with Crippen molar-refractivity contribution in [2.75, 3.05) is 60.3 Å². The lowest BCUT2D eigenvalue weighted by molar-refractivity contribution is -0.153. The van der Waals surface area contributed by atoms with E-state index in [0.29, 0.717) is 35.9 Å². The summed E-state index contributed by atoms with van der Waals surface area (Å²) in [6.07, 6.45) is 0.190. The molecule has 4 atom stereocenters. The number of fused-ring (bicyclic) bond motifs is 3. The Morgan fingerprint density at radius 2 is 1.64 bits per heavy atom. The summed E-state index contributed by atoms with van der Waals surface area (Å²) in [5.41, 5.74) is 4.38. The number of nitrogens with two attached hydrogens (primary N) is 1. The van der Waals surface area contributed by atoms with Gasteiger partial charge in [-0.2, -0.15) is 0 Å². The van der Waals surface area contributed by atoms with Crippen LogP contribution in [0.3, 0.4) is 0 Å². The van der Waals surface area contributed by atoms with Gasteiger partial charge in [-0.15, -0.1) is 0 Å². The van der Waals surface area contributed by atoms with Crippen molar-refractivity contribution >= 4 is 28.9 Å². The van der Waals surface area contributed by atoms with E-state index >= 15 is 0 Å². The number of phenolic OH excluding ortho intramolecular Hbond substituents is 1. The summed E-state index contributed by atoms with van der Waals surface area (Å²) in [5, 5.41) is 46.9. The van der Waals surface area contributed by atoms with Crippen molar-refractivity contribution in [3.8, 4) is 17.1 Å². The maximum absolute atomic E-state index is 14.3. The number of hydrogen-bond donors (Lipinski definition) is 5. The number of benzene rings is 2. The molecule has 6 rings (SSSR count). The molecule has 284 valence electrons. The quantitative estimate of drug-likeness (QED) is 0.181. The van der Waals surface area contributed by atoms with Crippen LogP contribution in [0, 0.1) is 11.8 Å². The Hall–Kier alpha value is -4.95. The Morgan fingerprint density at radius 3 is 2.25 bits per heavy atom. The Bertz CT molecular complexity index is 1980. The summed E-state index contributed by atoms with van der Waals surface area (Å²) < 4.78 is 6.34. The normalized spacial score (nSPS) is 22.6. The van der Waals surface area contributed by atoms with Gasteiger partial charge < -0.3 is 40.4 Å². The number of aliphatic hydroxyl groups excluding tert-OH is 2. The van der Waals surface area contributed by atoms with E-state index in [1.165, 1.54) is 4.90 Å². The number of rotatable bonds is 11. The van der Waals surface area contributed by atoms with Gasteiger partial charge in [-0.25, -0.2) is 0 Å². The topological polar surface area (TPSA) is 184 Å². The number of aromatic hydroxyl groups is 1. The molecule has 1 saturated carbocycles. The standard InChI is InChI=1S/C39H47N5O8.CH4/c1-41(2)14-15-44(19-21-10-8-7-9-11-21)20-23-12-13-28(52-23)25-18-27(42(3)4)24-16-22-17-26-32(43(5)6)35(47)31(38(40)50)37(49)39(26,51)36(48)29(22)34(46)30(24)33(25)45;/h7-13,18,22,26,32,45-46,49,51H,14-17,19-20H2,1-6H3,(H2,40,50);1H4/t22-,26-,32-,39-;/m0./s1. The zero-order valence-electron chi connectivity index (χ0n) is 30.4. The summed E-state index contributed by atoms with van der Waals surface area (Å²) in [6.45, 7) is 2.83. The number of hydrogen-bond acceptors (Lipinski definition) is 12. The summed E-state index contributed by atoms with van der Waals surface area (Å²) in [7, 11) is 10.8. The predicted octanol–water partition coefficient (Wildman–Crippen LogP) is 3.49. The number of carbonyl (C=O) groups is 3. The number of nitrogens with zero attached hydrogens (tertiary/aromatic N) is 4. The van der Waals surface area contributed by atoms with Crippen LogP contribution in [-0.2, 0) is 33.9 Å². The number of Topliss-reactive ketones (excluding diaryl/α,β-unsaturated/α-hetero) is 2. The molecule has 0 bridgehead atoms. The minimum atomic E-state index is -2.71. The number of amides is 1. The lowest BCUT2D eigenvalue weighted by Crippen LogP contribution is -2.65. The highest BCUT2D eigenvalue weighted by Crippen LogP contribution is 2.55. The van der Waals surface area contributed by atoms with Crippen LogP contribution >= 0.6 is 0 Å². The highest BCUT2D eigenvalue weighted by molar-refractivity contribution is 6.24. The number of ketones is 2. The molecule has 3 aromatic rings. The molecular weight excluding hydrogens is 678 g/mol. The molecule has 53 heavy (non-hydrogen) atoms. The van der Waals surface area contributed by atoms with Crippen LogP contribution in [0.25, 0.3) is 17.1 Å². The highest BCUT2D eigenvalue weighted by Gasteiger charge is 2.64. The average molecular weight is 730 g/mol. The van der Waals surface area contributed by atoms with Gasteiger partial charge in [0.25, 0.3) is 5.91 Å². The first-order chi connectivity index (χ1) is 24.6. The maximum atomic E-state index is 14.3. The van der Waals surface area contributed by atoms with E-state index in [0.717, 1.165) is 18.7 Å². The zero-order chi connectivity index (χ0) is 37.8. The van der Waals surface area contributed by atoms with E-state index in [2.05, 4.69) is 21.9 Å². The third-order valence-electron chi connectivity index (χ3n) is 10.6. The molecule has 2 aromatic carbocycles. The molecular formula is C40H51N5O8. The first-order valence-electron chi connectivity index (χ1n) is 17.3. The van der Waals surface area contributed by atoms with Crippen molar-refractivity contribution in [3.63, 3.8) is 0 Å². The van der Waals surface area contributed by atoms with Crippen LogP contribution in [0.4, 0.5) is 5.69 Å². The van der Waals surface area contributed by atoms with Crippen LogP contribution in [0.2, 0.25) is 0 Å². The third kappa shape index (κ3) is 6.74. The zero-order valence-corrected chi connectivity index (χ0v) is 30.4. The van der Waals surface area contributed by atoms with E-state index in [1.54, 1.807) is 26.2 Å². The van der Waals surface area contributed by atoms with Crippen LogP contribution in [-0.4, -0.2) is 120 Å². The van der Waals surface area contributed by atoms with Crippen molar-refractivity contribution in [3.05, 3.63) is 87.9 Å². The fourth-order valence-electron chi connectivity index (χ4n) is 8.10. The summed E-state index contributed by atoms with van der Waals surface area (Å²) in [4.78, 5) is 47.8. The van der Waals surface area contributed by atoms with E-state index in [1.807, 2.05) is 57.4 Å². The van der Waals surface area contributed by atoms with Crippen LogP contribution < -0.4 is 10.6 Å². The number of phenols is 1. The van der Waals surface area contributed by atoms with Gasteiger partial charge in [-0.05, 0) is 76.3 Å². The van der Waals surface area contributed by atoms with Gasteiger partial charge in [0.1, 0.15) is 34.4 Å². The van der Waals surface area contributed by atoms with Gasteiger partial charge in [0, 0.05) is 50.9 Å². The van der Waals surface area contributed by atoms with Gasteiger partial charge >= 0.3 is 0 Å². The SMILES string of the molecule is C.CN(C)CCN(Cc1ccccc1)Cc1ccc(-c2cc(N(C)C)c3c(c2O)C(O)=C2C(=O)[C@]4(O)C(O)=C(C(N)=O)C(=O)[C@@H](N(C)C)[C@@H]4C[C@@H]2C3)o1. The highest BCUT2D eigenvalue weighted by atomic mass is 16.4. The Morgan fingerprint density at radius 1 is 0.962 bits per heavy atom. The molecule has 13 heteroatoms. The number of anilines is 1. The van der Waals surface area contributed by atoms with E-state index in [9.17, 15) is 34.8 Å². The van der Waals surface area contributed by atoms with Crippen molar-refractivity contribution < 1.29 is 39.2 Å². The van der Waals surface area contributed by atoms with Crippen molar-refractivity contribution in [1.82, 2.24) is 14.7 Å². The monoisotopic (exact) mass is 729 g/mol. The largest absolute Gasteiger partial charge is 0.508 e. The number of primary amides is 1. The Labute approximate surface area is 310 Å². The lowest BCUT2D eigenvalue weighted by atomic mass is 9.57. The minimum absolute atomic E-state index is 0. The molecule has 3 aliphatic carbocycles. The number of likely N-dealkylation sites (N-methyl/N-ethyl adjacent to an activating group) is 2. The molecule has 13 nitrogen and oxygen atoms in total. The van der Waals surface area contributed by atoms with E-state index in [-0.39, 0.29) is 42.7 Å². The predicted molar refractivity (Wildman–Crippen MR) is 202 cm³/mol. The molecule has 1 heterocycles. The van der Waals surface area contributed by atoms with Gasteiger partial charge in [0.15, 0.2) is 11.4 Å². The van der Waals surface area contributed by atoms with Crippen molar-refractivity contribution in [1.29, 1.82) is 0 Å². The fourth-order valence-corrected chi connectivity index (χ4v) is 8.10. The number of carbonyl (C=O) groups excluding carboxylic acids is 3. The Kier molecular flexibility index (Phi) is 11.0. The smallest absolute Gasteiger partial charge is 0.255 e. The molecule has 0 aliphatic heterocycles. The summed E-state index contributed by atoms with van der Waals surface area (Å²) >= 11 is 0. The molecule has 1 fully saturated rings. The lowest BCUT2D eigenvalue weighted by Gasteiger charge is -2.50. The molecule has 1 amide bonds. The second-order valence-corrected chi connectivity index (χ2v) is 14.8. The third-order valence-corrected chi connectivity index (χ3v) is 10.6. The Balaban J connectivity index is 0.00000541. The molecule has 3 aliphatic rings.